The van der Waals surface area contributed by atoms with Gasteiger partial charge in [0, 0.05) is 24.9 Å². The average Bonchev–Trinajstić information content (AvgIpc) is 2.35. The Hall–Kier alpha value is -1.13. The second-order valence-corrected chi connectivity index (χ2v) is 3.82. The molecule has 0 saturated carbocycles. The van der Waals surface area contributed by atoms with Crippen LogP contribution in [0, 0.1) is 0 Å². The maximum atomic E-state index is 5.71. The zero-order chi connectivity index (χ0) is 12.5. The van der Waals surface area contributed by atoms with E-state index in [9.17, 15) is 0 Å². The summed E-state index contributed by atoms with van der Waals surface area (Å²) in [5, 5.41) is 3.22. The summed E-state index contributed by atoms with van der Waals surface area (Å²) in [5.41, 5.74) is 1.08. The van der Waals surface area contributed by atoms with Crippen LogP contribution >= 0.6 is 0 Å². The van der Waals surface area contributed by atoms with Gasteiger partial charge in [-0.15, -0.1) is 0 Å². The Labute approximate surface area is 103 Å². The van der Waals surface area contributed by atoms with Gasteiger partial charge in [0.05, 0.1) is 19.3 Å². The van der Waals surface area contributed by atoms with Crippen LogP contribution in [0.2, 0.25) is 0 Å². The fourth-order valence-corrected chi connectivity index (χ4v) is 1.45. The lowest BCUT2D eigenvalue weighted by atomic mass is 10.2. The summed E-state index contributed by atoms with van der Waals surface area (Å²) in [6, 6.07) is 3.95. The monoisotopic (exact) mass is 238 g/mol. The number of pyridine rings is 1. The number of hydrogen-bond acceptors (Lipinski definition) is 4. The molecule has 4 heteroatoms. The molecule has 1 rings (SSSR count). The van der Waals surface area contributed by atoms with Crippen molar-refractivity contribution in [3.05, 3.63) is 23.9 Å². The van der Waals surface area contributed by atoms with Gasteiger partial charge in [-0.2, -0.15) is 0 Å². The van der Waals surface area contributed by atoms with Gasteiger partial charge in [0.15, 0.2) is 0 Å². The lowest BCUT2D eigenvalue weighted by molar-refractivity contribution is -0.0115. The van der Waals surface area contributed by atoms with Gasteiger partial charge in [0.25, 0.3) is 0 Å². The van der Waals surface area contributed by atoms with Crippen molar-refractivity contribution in [3.63, 3.8) is 0 Å². The molecule has 1 heterocycles. The summed E-state index contributed by atoms with van der Waals surface area (Å²) in [7, 11) is 0. The first-order chi connectivity index (χ1) is 8.27. The molecule has 0 radical (unpaired) electrons. The normalized spacial score (nSPS) is 12.4. The molecule has 0 bridgehead atoms. The number of ether oxygens (including phenoxy) is 2. The van der Waals surface area contributed by atoms with E-state index in [0.29, 0.717) is 13.2 Å². The van der Waals surface area contributed by atoms with Crippen molar-refractivity contribution in [2.24, 2.45) is 0 Å². The van der Waals surface area contributed by atoms with Crippen LogP contribution in [0.3, 0.4) is 0 Å². The van der Waals surface area contributed by atoms with Crippen LogP contribution in [0.5, 0.6) is 0 Å². The van der Waals surface area contributed by atoms with Gasteiger partial charge in [-0.3, -0.25) is 0 Å². The van der Waals surface area contributed by atoms with Crippen molar-refractivity contribution in [3.8, 4) is 0 Å². The zero-order valence-electron chi connectivity index (χ0n) is 10.9. The molecule has 0 aliphatic heterocycles. The van der Waals surface area contributed by atoms with Crippen LogP contribution in [0.1, 0.15) is 26.3 Å². The quantitative estimate of drug-likeness (QED) is 0.755. The Bertz CT molecular complexity index is 318. The number of nitrogens with zero attached hydrogens (tertiary/aromatic N) is 1. The number of hydrogen-bond donors (Lipinski definition) is 1. The molecule has 17 heavy (non-hydrogen) atoms. The first-order valence-corrected chi connectivity index (χ1v) is 6.15. The van der Waals surface area contributed by atoms with Crippen LogP contribution in [0.4, 0.5) is 5.82 Å². The smallest absolute Gasteiger partial charge is 0.131 e. The molecule has 0 saturated heterocycles. The first-order valence-electron chi connectivity index (χ1n) is 6.15. The summed E-state index contributed by atoms with van der Waals surface area (Å²) in [4.78, 5) is 4.29. The minimum Gasteiger partial charge on any atom is -0.379 e. The van der Waals surface area contributed by atoms with Gasteiger partial charge >= 0.3 is 0 Å². The Balaban J connectivity index is 2.44. The van der Waals surface area contributed by atoms with E-state index in [1.54, 1.807) is 6.20 Å². The van der Waals surface area contributed by atoms with Crippen molar-refractivity contribution in [2.75, 3.05) is 25.1 Å². The maximum absolute atomic E-state index is 5.71. The highest BCUT2D eigenvalue weighted by atomic mass is 16.5. The Kier molecular flexibility index (Phi) is 6.58. The van der Waals surface area contributed by atoms with E-state index < -0.39 is 0 Å². The van der Waals surface area contributed by atoms with Gasteiger partial charge < -0.3 is 14.8 Å². The predicted octanol–water partition coefficient (Wildman–Crippen LogP) is 2.46. The van der Waals surface area contributed by atoms with Crippen LogP contribution in [0.25, 0.3) is 0 Å². The van der Waals surface area contributed by atoms with Crippen molar-refractivity contribution in [1.29, 1.82) is 0 Å². The predicted molar refractivity (Wildman–Crippen MR) is 69.1 cm³/mol. The molecule has 1 atom stereocenters. The molecule has 0 fully saturated rings. The number of rotatable bonds is 8. The summed E-state index contributed by atoms with van der Waals surface area (Å²) < 4.78 is 11.0. The Morgan fingerprint density at radius 3 is 2.94 bits per heavy atom. The SMILES string of the molecule is CCNc1ncccc1COC(C)COCC. The van der Waals surface area contributed by atoms with Crippen LogP contribution in [0.15, 0.2) is 18.3 Å². The molecule has 0 aliphatic rings. The fourth-order valence-electron chi connectivity index (χ4n) is 1.45. The van der Waals surface area contributed by atoms with Crippen LogP contribution in [-0.4, -0.2) is 30.8 Å². The minimum absolute atomic E-state index is 0.102. The molecule has 4 nitrogen and oxygen atoms in total. The molecule has 1 unspecified atom stereocenters. The first kappa shape index (κ1) is 13.9. The third-order valence-corrected chi connectivity index (χ3v) is 2.32. The average molecular weight is 238 g/mol. The summed E-state index contributed by atoms with van der Waals surface area (Å²) in [6.45, 7) is 8.83. The molecular formula is C13H22N2O2. The van der Waals surface area contributed by atoms with Crippen LogP contribution in [-0.2, 0) is 16.1 Å². The van der Waals surface area contributed by atoms with E-state index in [0.717, 1.165) is 24.5 Å². The fraction of sp³-hybridized carbons (Fsp3) is 0.615. The van der Waals surface area contributed by atoms with E-state index in [2.05, 4.69) is 17.2 Å². The molecule has 0 amide bonds. The van der Waals surface area contributed by atoms with Gasteiger partial charge in [0.2, 0.25) is 0 Å². The van der Waals surface area contributed by atoms with E-state index in [1.807, 2.05) is 26.0 Å². The molecule has 1 N–H and O–H groups in total. The van der Waals surface area contributed by atoms with E-state index in [1.165, 1.54) is 0 Å². The Morgan fingerprint density at radius 2 is 2.24 bits per heavy atom. The van der Waals surface area contributed by atoms with Gasteiger partial charge in [-0.05, 0) is 26.8 Å². The highest BCUT2D eigenvalue weighted by Gasteiger charge is 2.06. The summed E-state index contributed by atoms with van der Waals surface area (Å²) in [5.74, 6) is 0.901. The lowest BCUT2D eigenvalue weighted by Gasteiger charge is -2.14. The maximum Gasteiger partial charge on any atom is 0.131 e. The van der Waals surface area contributed by atoms with E-state index in [-0.39, 0.29) is 6.10 Å². The van der Waals surface area contributed by atoms with Crippen LogP contribution < -0.4 is 5.32 Å². The number of nitrogens with one attached hydrogen (secondary N) is 1. The van der Waals surface area contributed by atoms with Crippen molar-refractivity contribution in [2.45, 2.75) is 33.5 Å². The molecule has 0 spiro atoms. The summed E-state index contributed by atoms with van der Waals surface area (Å²) in [6.07, 6.45) is 1.88. The van der Waals surface area contributed by atoms with Crippen molar-refractivity contribution < 1.29 is 9.47 Å². The lowest BCUT2D eigenvalue weighted by Crippen LogP contribution is -2.16. The topological polar surface area (TPSA) is 43.4 Å². The third-order valence-electron chi connectivity index (χ3n) is 2.32. The second kappa shape index (κ2) is 8.03. The summed E-state index contributed by atoms with van der Waals surface area (Å²) >= 11 is 0. The number of anilines is 1. The van der Waals surface area contributed by atoms with Gasteiger partial charge in [0.1, 0.15) is 5.82 Å². The second-order valence-electron chi connectivity index (χ2n) is 3.82. The third kappa shape index (κ3) is 5.15. The van der Waals surface area contributed by atoms with Gasteiger partial charge in [-0.25, -0.2) is 4.98 Å². The van der Waals surface area contributed by atoms with Crippen molar-refractivity contribution in [1.82, 2.24) is 4.98 Å². The molecular weight excluding hydrogens is 216 g/mol. The van der Waals surface area contributed by atoms with E-state index >= 15 is 0 Å². The minimum atomic E-state index is 0.102. The van der Waals surface area contributed by atoms with Gasteiger partial charge in [-0.1, -0.05) is 6.07 Å². The highest BCUT2D eigenvalue weighted by Crippen LogP contribution is 2.13. The highest BCUT2D eigenvalue weighted by molar-refractivity contribution is 5.42. The molecule has 1 aromatic heterocycles. The molecule has 0 aliphatic carbocycles. The largest absolute Gasteiger partial charge is 0.379 e. The van der Waals surface area contributed by atoms with Crippen molar-refractivity contribution >= 4 is 5.82 Å². The molecule has 96 valence electrons. The molecule has 0 aromatic carbocycles. The van der Waals surface area contributed by atoms with E-state index in [4.69, 9.17) is 9.47 Å². The standard InChI is InChI=1S/C13H22N2O2/c1-4-14-13-12(7-6-8-15-13)10-17-11(3)9-16-5-2/h6-8,11H,4-5,9-10H2,1-3H3,(H,14,15). The number of aromatic nitrogens is 1. The zero-order valence-corrected chi connectivity index (χ0v) is 10.9. The molecule has 1 aromatic rings. The Morgan fingerprint density at radius 1 is 1.41 bits per heavy atom.